The van der Waals surface area contributed by atoms with Crippen LogP contribution in [0.3, 0.4) is 0 Å². The number of ether oxygens (including phenoxy) is 1. The number of carbonyl (C=O) groups excluding carboxylic acids is 1. The average molecular weight is 320 g/mol. The Morgan fingerprint density at radius 1 is 1.26 bits per heavy atom. The van der Waals surface area contributed by atoms with Crippen molar-refractivity contribution in [1.82, 2.24) is 9.80 Å². The van der Waals surface area contributed by atoms with Gasteiger partial charge in [0.05, 0.1) is 0 Å². The molecule has 0 radical (unpaired) electrons. The van der Waals surface area contributed by atoms with Crippen LogP contribution in [0.4, 0.5) is 0 Å². The summed E-state index contributed by atoms with van der Waals surface area (Å²) in [5.74, 6) is 1.04. The van der Waals surface area contributed by atoms with Crippen molar-refractivity contribution in [3.8, 4) is 5.75 Å². The second kappa shape index (κ2) is 8.89. The SMILES string of the molecule is CCC(=O)N1CCCN(CC(O)COc2ccccc2C)CC1. The second-order valence-corrected chi connectivity index (χ2v) is 6.12. The van der Waals surface area contributed by atoms with Gasteiger partial charge in [-0.05, 0) is 31.5 Å². The number of aliphatic hydroxyl groups is 1. The van der Waals surface area contributed by atoms with E-state index in [9.17, 15) is 9.90 Å². The van der Waals surface area contributed by atoms with Crippen molar-refractivity contribution >= 4 is 5.91 Å². The highest BCUT2D eigenvalue weighted by Gasteiger charge is 2.19. The van der Waals surface area contributed by atoms with Crippen molar-refractivity contribution in [3.05, 3.63) is 29.8 Å². The molecule has 2 rings (SSSR count). The molecule has 0 bridgehead atoms. The molecule has 1 unspecified atom stereocenters. The predicted octanol–water partition coefficient (Wildman–Crippen LogP) is 1.68. The zero-order chi connectivity index (χ0) is 16.7. The van der Waals surface area contributed by atoms with Gasteiger partial charge in [-0.2, -0.15) is 0 Å². The Balaban J connectivity index is 1.76. The van der Waals surface area contributed by atoms with Crippen LogP contribution in [0.1, 0.15) is 25.3 Å². The Kier molecular flexibility index (Phi) is 6.86. The molecule has 128 valence electrons. The summed E-state index contributed by atoms with van der Waals surface area (Å²) in [5.41, 5.74) is 1.07. The molecule has 1 amide bonds. The smallest absolute Gasteiger partial charge is 0.222 e. The number of hydrogen-bond acceptors (Lipinski definition) is 4. The van der Waals surface area contributed by atoms with E-state index in [1.54, 1.807) is 0 Å². The number of rotatable bonds is 6. The van der Waals surface area contributed by atoms with Gasteiger partial charge in [0.15, 0.2) is 0 Å². The number of β-amino-alcohol motifs (C(OH)–C–C–N with tert-alkyl or cyclic N) is 1. The van der Waals surface area contributed by atoms with Crippen LogP contribution in [0, 0.1) is 6.92 Å². The number of hydrogen-bond donors (Lipinski definition) is 1. The molecule has 1 heterocycles. The predicted molar refractivity (Wildman–Crippen MR) is 90.6 cm³/mol. The fraction of sp³-hybridized carbons (Fsp3) is 0.611. The fourth-order valence-corrected chi connectivity index (χ4v) is 2.88. The Hall–Kier alpha value is -1.59. The normalized spacial score (nSPS) is 17.6. The fourth-order valence-electron chi connectivity index (χ4n) is 2.88. The molecular formula is C18H28N2O3. The van der Waals surface area contributed by atoms with Crippen molar-refractivity contribution in [2.24, 2.45) is 0 Å². The monoisotopic (exact) mass is 320 g/mol. The number of aryl methyl sites for hydroxylation is 1. The largest absolute Gasteiger partial charge is 0.491 e. The van der Waals surface area contributed by atoms with Crippen LogP contribution in [0.25, 0.3) is 0 Å². The number of aliphatic hydroxyl groups excluding tert-OH is 1. The zero-order valence-corrected chi connectivity index (χ0v) is 14.2. The Labute approximate surface area is 138 Å². The topological polar surface area (TPSA) is 53.0 Å². The van der Waals surface area contributed by atoms with E-state index in [1.807, 2.05) is 43.0 Å². The standard InChI is InChI=1S/C18H28N2O3/c1-3-18(22)20-10-6-9-19(11-12-20)13-16(21)14-23-17-8-5-4-7-15(17)2/h4-5,7-8,16,21H,3,6,9-14H2,1-2H3. The first kappa shape index (κ1) is 17.8. The number of para-hydroxylation sites is 1. The third-order valence-electron chi connectivity index (χ3n) is 4.24. The van der Waals surface area contributed by atoms with Crippen LogP contribution in [0.5, 0.6) is 5.75 Å². The van der Waals surface area contributed by atoms with Crippen LogP contribution in [0.2, 0.25) is 0 Å². The minimum Gasteiger partial charge on any atom is -0.491 e. The van der Waals surface area contributed by atoms with Crippen LogP contribution in [0.15, 0.2) is 24.3 Å². The summed E-state index contributed by atoms with van der Waals surface area (Å²) in [6, 6.07) is 7.82. The first-order chi connectivity index (χ1) is 11.1. The van der Waals surface area contributed by atoms with E-state index in [-0.39, 0.29) is 5.91 Å². The van der Waals surface area contributed by atoms with Crippen molar-refractivity contribution in [2.45, 2.75) is 32.8 Å². The van der Waals surface area contributed by atoms with Gasteiger partial charge in [0, 0.05) is 32.6 Å². The molecule has 1 aliphatic rings. The van der Waals surface area contributed by atoms with E-state index >= 15 is 0 Å². The maximum Gasteiger partial charge on any atom is 0.222 e. The van der Waals surface area contributed by atoms with Crippen molar-refractivity contribution in [1.29, 1.82) is 0 Å². The molecule has 0 spiro atoms. The number of nitrogens with zero attached hydrogens (tertiary/aromatic N) is 2. The molecule has 5 nitrogen and oxygen atoms in total. The van der Waals surface area contributed by atoms with Gasteiger partial charge in [0.1, 0.15) is 18.5 Å². The summed E-state index contributed by atoms with van der Waals surface area (Å²) >= 11 is 0. The molecule has 1 aromatic carbocycles. The van der Waals surface area contributed by atoms with Crippen molar-refractivity contribution in [3.63, 3.8) is 0 Å². The Morgan fingerprint density at radius 2 is 2.04 bits per heavy atom. The minimum absolute atomic E-state index is 0.218. The first-order valence-electron chi connectivity index (χ1n) is 8.46. The lowest BCUT2D eigenvalue weighted by molar-refractivity contribution is -0.130. The highest BCUT2D eigenvalue weighted by molar-refractivity contribution is 5.75. The van der Waals surface area contributed by atoms with E-state index in [0.29, 0.717) is 19.6 Å². The van der Waals surface area contributed by atoms with Gasteiger partial charge in [-0.3, -0.25) is 9.69 Å². The molecule has 23 heavy (non-hydrogen) atoms. The maximum absolute atomic E-state index is 11.8. The van der Waals surface area contributed by atoms with E-state index in [0.717, 1.165) is 43.9 Å². The zero-order valence-electron chi connectivity index (χ0n) is 14.2. The molecule has 5 heteroatoms. The van der Waals surface area contributed by atoms with Crippen LogP contribution < -0.4 is 4.74 Å². The molecule has 0 saturated carbocycles. The summed E-state index contributed by atoms with van der Waals surface area (Å²) in [5, 5.41) is 10.2. The van der Waals surface area contributed by atoms with Crippen LogP contribution in [-0.2, 0) is 4.79 Å². The Morgan fingerprint density at radius 3 is 2.78 bits per heavy atom. The van der Waals surface area contributed by atoms with Gasteiger partial charge < -0.3 is 14.7 Å². The molecule has 1 aromatic rings. The molecular weight excluding hydrogens is 292 g/mol. The second-order valence-electron chi connectivity index (χ2n) is 6.12. The summed E-state index contributed by atoms with van der Waals surface area (Å²) in [4.78, 5) is 15.9. The molecule has 0 aromatic heterocycles. The summed E-state index contributed by atoms with van der Waals surface area (Å²) < 4.78 is 5.71. The summed E-state index contributed by atoms with van der Waals surface area (Å²) in [7, 11) is 0. The third-order valence-corrected chi connectivity index (χ3v) is 4.24. The van der Waals surface area contributed by atoms with Gasteiger partial charge in [-0.15, -0.1) is 0 Å². The maximum atomic E-state index is 11.8. The van der Waals surface area contributed by atoms with Gasteiger partial charge in [-0.25, -0.2) is 0 Å². The highest BCUT2D eigenvalue weighted by Crippen LogP contribution is 2.16. The lowest BCUT2D eigenvalue weighted by Crippen LogP contribution is -2.39. The van der Waals surface area contributed by atoms with Gasteiger partial charge >= 0.3 is 0 Å². The lowest BCUT2D eigenvalue weighted by Gasteiger charge is -2.24. The van der Waals surface area contributed by atoms with E-state index in [2.05, 4.69) is 4.90 Å². The molecule has 1 saturated heterocycles. The molecule has 1 N–H and O–H groups in total. The number of carbonyl (C=O) groups is 1. The lowest BCUT2D eigenvalue weighted by atomic mass is 10.2. The highest BCUT2D eigenvalue weighted by atomic mass is 16.5. The first-order valence-corrected chi connectivity index (χ1v) is 8.46. The summed E-state index contributed by atoms with van der Waals surface area (Å²) in [6.45, 7) is 8.06. The van der Waals surface area contributed by atoms with Crippen molar-refractivity contribution < 1.29 is 14.6 Å². The minimum atomic E-state index is -0.525. The van der Waals surface area contributed by atoms with Gasteiger partial charge in [0.2, 0.25) is 5.91 Å². The number of amides is 1. The number of benzene rings is 1. The van der Waals surface area contributed by atoms with E-state index in [4.69, 9.17) is 4.74 Å². The molecule has 1 atom stereocenters. The van der Waals surface area contributed by atoms with Crippen LogP contribution in [-0.4, -0.2) is 66.2 Å². The van der Waals surface area contributed by atoms with Gasteiger partial charge in [-0.1, -0.05) is 25.1 Å². The van der Waals surface area contributed by atoms with E-state index < -0.39 is 6.10 Å². The third kappa shape index (κ3) is 5.52. The van der Waals surface area contributed by atoms with Crippen LogP contribution >= 0.6 is 0 Å². The van der Waals surface area contributed by atoms with E-state index in [1.165, 1.54) is 0 Å². The molecule has 1 fully saturated rings. The average Bonchev–Trinajstić information content (AvgIpc) is 2.79. The van der Waals surface area contributed by atoms with Crippen molar-refractivity contribution in [2.75, 3.05) is 39.3 Å². The Bertz CT molecular complexity index is 507. The molecule has 1 aliphatic heterocycles. The molecule has 0 aliphatic carbocycles. The summed E-state index contributed by atoms with van der Waals surface area (Å²) in [6.07, 6.45) is 0.993. The quantitative estimate of drug-likeness (QED) is 0.866. The van der Waals surface area contributed by atoms with Gasteiger partial charge in [0.25, 0.3) is 0 Å².